The smallest absolute Gasteiger partial charge is 0.292 e. The highest BCUT2D eigenvalue weighted by atomic mass is 79.9. The van der Waals surface area contributed by atoms with Crippen molar-refractivity contribution in [3.05, 3.63) is 53.6 Å². The Morgan fingerprint density at radius 2 is 2.00 bits per heavy atom. The van der Waals surface area contributed by atoms with E-state index in [1.54, 1.807) is 13.2 Å². The lowest BCUT2D eigenvalue weighted by atomic mass is 10.0. The summed E-state index contributed by atoms with van der Waals surface area (Å²) < 4.78 is 11.2. The highest BCUT2D eigenvalue weighted by Gasteiger charge is 2.17. The number of hydrogen-bond acceptors (Lipinski definition) is 3. The monoisotopic (exact) mass is 341 g/mol. The summed E-state index contributed by atoms with van der Waals surface area (Å²) in [5, 5.41) is 11.9. The van der Waals surface area contributed by atoms with Gasteiger partial charge in [0.2, 0.25) is 0 Å². The molecule has 21 heavy (non-hydrogen) atoms. The van der Waals surface area contributed by atoms with Crippen molar-refractivity contribution in [2.45, 2.75) is 5.33 Å². The van der Waals surface area contributed by atoms with Crippen LogP contribution >= 0.6 is 15.9 Å². The van der Waals surface area contributed by atoms with Crippen molar-refractivity contribution >= 4 is 26.7 Å². The van der Waals surface area contributed by atoms with Crippen molar-refractivity contribution < 1.29 is 9.15 Å². The zero-order chi connectivity index (χ0) is 14.8. The first-order chi connectivity index (χ1) is 10.3. The van der Waals surface area contributed by atoms with Crippen LogP contribution in [0.15, 0.2) is 46.9 Å². The normalized spacial score (nSPS) is 10.5. The molecule has 1 aromatic heterocycles. The van der Waals surface area contributed by atoms with Crippen LogP contribution in [0.5, 0.6) is 5.95 Å². The van der Waals surface area contributed by atoms with E-state index in [-0.39, 0.29) is 0 Å². The van der Waals surface area contributed by atoms with Crippen molar-refractivity contribution in [3.63, 3.8) is 0 Å². The molecule has 0 N–H and O–H groups in total. The molecule has 0 radical (unpaired) electrons. The molecule has 104 valence electrons. The molecule has 0 aliphatic heterocycles. The lowest BCUT2D eigenvalue weighted by molar-refractivity contribution is 0.314. The minimum atomic E-state index is 0.468. The number of ether oxygens (including phenoxy) is 1. The average Bonchev–Trinajstić information content (AvgIpc) is 2.92. The Kier molecular flexibility index (Phi) is 3.68. The van der Waals surface area contributed by atoms with Crippen LogP contribution in [-0.2, 0) is 5.33 Å². The molecule has 0 unspecified atom stereocenters. The van der Waals surface area contributed by atoms with E-state index in [0.717, 1.165) is 27.2 Å². The second kappa shape index (κ2) is 5.63. The first-order valence-corrected chi connectivity index (χ1v) is 7.55. The fraction of sp³-hybridized carbons (Fsp3) is 0.118. The summed E-state index contributed by atoms with van der Waals surface area (Å²) in [5.41, 5.74) is 2.50. The lowest BCUT2D eigenvalue weighted by Gasteiger charge is -2.01. The Bertz CT molecular complexity index is 846. The largest absolute Gasteiger partial charge is 0.468 e. The van der Waals surface area contributed by atoms with Gasteiger partial charge in [0.05, 0.1) is 24.1 Å². The number of nitriles is 1. The van der Waals surface area contributed by atoms with Gasteiger partial charge in [0, 0.05) is 16.3 Å². The van der Waals surface area contributed by atoms with Gasteiger partial charge in [-0.25, -0.2) is 0 Å². The van der Waals surface area contributed by atoms with Gasteiger partial charge in [0.25, 0.3) is 5.95 Å². The van der Waals surface area contributed by atoms with Crippen LogP contribution < -0.4 is 4.74 Å². The van der Waals surface area contributed by atoms with Gasteiger partial charge in [-0.1, -0.05) is 40.2 Å². The maximum atomic E-state index is 9.27. The SMILES string of the molecule is COc1oc(-c2ccccc2C#N)c2ccc(CBr)cc12. The summed E-state index contributed by atoms with van der Waals surface area (Å²) in [6, 6.07) is 15.7. The number of hydrogen-bond donors (Lipinski definition) is 0. The number of furan rings is 1. The molecular formula is C17H12BrNO2. The number of alkyl halides is 1. The molecule has 3 aromatic rings. The summed E-state index contributed by atoms with van der Waals surface area (Å²) in [7, 11) is 1.58. The van der Waals surface area contributed by atoms with Gasteiger partial charge >= 0.3 is 0 Å². The van der Waals surface area contributed by atoms with Gasteiger partial charge < -0.3 is 9.15 Å². The number of rotatable bonds is 3. The fourth-order valence-corrected chi connectivity index (χ4v) is 2.72. The molecule has 0 saturated heterocycles. The summed E-state index contributed by atoms with van der Waals surface area (Å²) in [6.45, 7) is 0. The van der Waals surface area contributed by atoms with Crippen LogP contribution in [0.3, 0.4) is 0 Å². The third-order valence-corrected chi connectivity index (χ3v) is 4.02. The van der Waals surface area contributed by atoms with E-state index >= 15 is 0 Å². The Morgan fingerprint density at radius 3 is 2.71 bits per heavy atom. The molecule has 1 heterocycles. The van der Waals surface area contributed by atoms with Gasteiger partial charge in [0.1, 0.15) is 5.76 Å². The van der Waals surface area contributed by atoms with E-state index in [9.17, 15) is 5.26 Å². The van der Waals surface area contributed by atoms with Gasteiger partial charge in [-0.2, -0.15) is 5.26 Å². The van der Waals surface area contributed by atoms with Crippen molar-refractivity contribution in [1.82, 2.24) is 0 Å². The molecule has 0 fully saturated rings. The first kappa shape index (κ1) is 13.7. The molecule has 0 aliphatic carbocycles. The van der Waals surface area contributed by atoms with Crippen LogP contribution in [0.2, 0.25) is 0 Å². The zero-order valence-corrected chi connectivity index (χ0v) is 13.0. The number of benzene rings is 2. The number of nitrogens with zero attached hydrogens (tertiary/aromatic N) is 1. The van der Waals surface area contributed by atoms with Crippen LogP contribution in [-0.4, -0.2) is 7.11 Å². The fourth-order valence-electron chi connectivity index (χ4n) is 2.37. The summed E-state index contributed by atoms with van der Waals surface area (Å²) in [4.78, 5) is 0. The van der Waals surface area contributed by atoms with E-state index in [1.807, 2.05) is 36.4 Å². The molecule has 0 amide bonds. The number of halogens is 1. The van der Waals surface area contributed by atoms with E-state index in [0.29, 0.717) is 17.3 Å². The molecule has 0 spiro atoms. The summed E-state index contributed by atoms with van der Waals surface area (Å²) in [6.07, 6.45) is 0. The molecule has 0 bridgehead atoms. The van der Waals surface area contributed by atoms with E-state index in [1.165, 1.54) is 0 Å². The molecule has 0 saturated carbocycles. The quantitative estimate of drug-likeness (QED) is 0.638. The predicted molar refractivity (Wildman–Crippen MR) is 85.5 cm³/mol. The average molecular weight is 342 g/mol. The molecule has 4 heteroatoms. The third-order valence-electron chi connectivity index (χ3n) is 3.38. The van der Waals surface area contributed by atoms with Gasteiger partial charge in [-0.3, -0.25) is 0 Å². The van der Waals surface area contributed by atoms with E-state index in [2.05, 4.69) is 22.0 Å². The van der Waals surface area contributed by atoms with Crippen LogP contribution in [0.1, 0.15) is 11.1 Å². The molecule has 3 nitrogen and oxygen atoms in total. The Hall–Kier alpha value is -2.25. The second-order valence-electron chi connectivity index (χ2n) is 4.59. The second-order valence-corrected chi connectivity index (χ2v) is 5.15. The van der Waals surface area contributed by atoms with Crippen molar-refractivity contribution in [2.75, 3.05) is 7.11 Å². The molecule has 3 rings (SSSR count). The number of fused-ring (bicyclic) bond motifs is 1. The van der Waals surface area contributed by atoms with Gasteiger partial charge in [-0.15, -0.1) is 0 Å². The predicted octanol–water partition coefficient (Wildman–Crippen LogP) is 4.87. The molecular weight excluding hydrogens is 330 g/mol. The number of methoxy groups -OCH3 is 1. The minimum absolute atomic E-state index is 0.468. The highest BCUT2D eigenvalue weighted by Crippen LogP contribution is 2.39. The molecule has 2 aromatic carbocycles. The minimum Gasteiger partial charge on any atom is -0.468 e. The van der Waals surface area contributed by atoms with E-state index < -0.39 is 0 Å². The van der Waals surface area contributed by atoms with Crippen LogP contribution in [0, 0.1) is 11.3 Å². The summed E-state index contributed by atoms with van der Waals surface area (Å²) in [5.74, 6) is 1.13. The topological polar surface area (TPSA) is 46.2 Å². The zero-order valence-electron chi connectivity index (χ0n) is 11.4. The van der Waals surface area contributed by atoms with Crippen LogP contribution in [0.25, 0.3) is 22.1 Å². The standard InChI is InChI=1S/C17H12BrNO2/c1-20-17-15-8-11(9-18)6-7-14(15)16(21-17)13-5-3-2-4-12(13)10-19/h2-8H,9H2,1H3. The molecule has 0 aliphatic rings. The summed E-state index contributed by atoms with van der Waals surface area (Å²) >= 11 is 3.45. The highest BCUT2D eigenvalue weighted by molar-refractivity contribution is 9.08. The maximum Gasteiger partial charge on any atom is 0.292 e. The van der Waals surface area contributed by atoms with Crippen molar-refractivity contribution in [1.29, 1.82) is 5.26 Å². The first-order valence-electron chi connectivity index (χ1n) is 6.43. The van der Waals surface area contributed by atoms with Gasteiger partial charge in [0.15, 0.2) is 0 Å². The molecule has 0 atom stereocenters. The Labute approximate surface area is 130 Å². The van der Waals surface area contributed by atoms with Gasteiger partial charge in [-0.05, 0) is 23.8 Å². The van der Waals surface area contributed by atoms with E-state index in [4.69, 9.17) is 9.15 Å². The van der Waals surface area contributed by atoms with Crippen molar-refractivity contribution in [3.8, 4) is 23.3 Å². The third kappa shape index (κ3) is 2.30. The lowest BCUT2D eigenvalue weighted by Crippen LogP contribution is -1.82. The Morgan fingerprint density at radius 1 is 1.19 bits per heavy atom. The van der Waals surface area contributed by atoms with Crippen LogP contribution in [0.4, 0.5) is 0 Å². The maximum absolute atomic E-state index is 9.27. The van der Waals surface area contributed by atoms with Crippen molar-refractivity contribution in [2.24, 2.45) is 0 Å². The Balaban J connectivity index is 2.31.